The number of benzene rings is 2. The minimum absolute atomic E-state index is 0.00424. The fourth-order valence-electron chi connectivity index (χ4n) is 2.17. The predicted octanol–water partition coefficient (Wildman–Crippen LogP) is 3.67. The van der Waals surface area contributed by atoms with Crippen molar-refractivity contribution in [1.29, 1.82) is 0 Å². The van der Waals surface area contributed by atoms with E-state index in [2.05, 4.69) is 52.6 Å². The summed E-state index contributed by atoms with van der Waals surface area (Å²) in [6.07, 6.45) is 0.935. The first-order valence-corrected chi connectivity index (χ1v) is 10.2. The van der Waals surface area contributed by atoms with Gasteiger partial charge in [0, 0.05) is 9.13 Å². The summed E-state index contributed by atoms with van der Waals surface area (Å²) in [6, 6.07) is 14.0. The van der Waals surface area contributed by atoms with E-state index in [4.69, 9.17) is 17.0 Å². The van der Waals surface area contributed by atoms with Gasteiger partial charge in [-0.25, -0.2) is 0 Å². The number of nitrogens with one attached hydrogen (secondary N) is 3. The molecule has 0 spiro atoms. The van der Waals surface area contributed by atoms with Gasteiger partial charge in [0.2, 0.25) is 0 Å². The van der Waals surface area contributed by atoms with Crippen molar-refractivity contribution in [2.24, 2.45) is 5.92 Å². The lowest BCUT2D eigenvalue weighted by Crippen LogP contribution is -2.48. The lowest BCUT2D eigenvalue weighted by Gasteiger charge is -2.12. The predicted molar refractivity (Wildman–Crippen MR) is 121 cm³/mol. The Kier molecular flexibility index (Phi) is 8.65. The number of hydrazine groups is 1. The Hall–Kier alpha value is -2.20. The van der Waals surface area contributed by atoms with Gasteiger partial charge in [-0.1, -0.05) is 32.0 Å². The van der Waals surface area contributed by atoms with Crippen LogP contribution >= 0.6 is 34.8 Å². The van der Waals surface area contributed by atoms with Crippen molar-refractivity contribution in [2.75, 3.05) is 6.61 Å². The van der Waals surface area contributed by atoms with Crippen LogP contribution in [0.4, 0.5) is 0 Å². The highest BCUT2D eigenvalue weighted by Crippen LogP contribution is 2.14. The average molecular weight is 511 g/mol. The molecule has 8 heteroatoms. The second-order valence-electron chi connectivity index (χ2n) is 6.40. The Morgan fingerprint density at radius 2 is 1.82 bits per heavy atom. The zero-order valence-corrected chi connectivity index (χ0v) is 18.6. The number of hydrogen-bond donors (Lipinski definition) is 3. The third-order valence-corrected chi connectivity index (χ3v) is 4.84. The Morgan fingerprint density at radius 3 is 2.54 bits per heavy atom. The molecule has 0 radical (unpaired) electrons. The van der Waals surface area contributed by atoms with Crippen molar-refractivity contribution in [3.8, 4) is 5.75 Å². The fourth-order valence-corrected chi connectivity index (χ4v) is 2.95. The number of ether oxygens (including phenoxy) is 1. The van der Waals surface area contributed by atoms with Gasteiger partial charge in [-0.2, -0.15) is 0 Å². The summed E-state index contributed by atoms with van der Waals surface area (Å²) in [7, 11) is 0. The smallest absolute Gasteiger partial charge is 0.270 e. The molecule has 0 aliphatic rings. The molecule has 148 valence electrons. The maximum atomic E-state index is 12.4. The lowest BCUT2D eigenvalue weighted by atomic mass is 10.1. The Labute approximate surface area is 183 Å². The number of carbonyl (C=O) groups is 2. The van der Waals surface area contributed by atoms with E-state index in [0.29, 0.717) is 29.4 Å². The maximum Gasteiger partial charge on any atom is 0.270 e. The lowest BCUT2D eigenvalue weighted by molar-refractivity contribution is 0.0934. The topological polar surface area (TPSA) is 79.5 Å². The van der Waals surface area contributed by atoms with Gasteiger partial charge in [-0.05, 0) is 77.5 Å². The number of carbonyl (C=O) groups excluding carboxylic acids is 2. The van der Waals surface area contributed by atoms with Crippen LogP contribution in [-0.2, 0) is 0 Å². The molecule has 0 unspecified atom stereocenters. The molecule has 0 aliphatic heterocycles. The highest BCUT2D eigenvalue weighted by Gasteiger charge is 2.12. The van der Waals surface area contributed by atoms with Gasteiger partial charge in [0.25, 0.3) is 11.8 Å². The third-order valence-electron chi connectivity index (χ3n) is 3.70. The maximum absolute atomic E-state index is 12.4. The van der Waals surface area contributed by atoms with Crippen LogP contribution < -0.4 is 20.9 Å². The van der Waals surface area contributed by atoms with E-state index in [9.17, 15) is 9.59 Å². The zero-order chi connectivity index (χ0) is 20.5. The Morgan fingerprint density at radius 1 is 1.07 bits per heavy atom. The summed E-state index contributed by atoms with van der Waals surface area (Å²) < 4.78 is 6.47. The molecule has 0 aliphatic carbocycles. The molecule has 2 aromatic carbocycles. The molecule has 0 fully saturated rings. The van der Waals surface area contributed by atoms with Gasteiger partial charge in [0.15, 0.2) is 5.11 Å². The van der Waals surface area contributed by atoms with Gasteiger partial charge >= 0.3 is 0 Å². The highest BCUT2D eigenvalue weighted by molar-refractivity contribution is 14.1. The minimum atomic E-state index is -0.393. The molecule has 2 aromatic rings. The monoisotopic (exact) mass is 511 g/mol. The summed E-state index contributed by atoms with van der Waals surface area (Å²) >= 11 is 7.15. The molecule has 3 N–H and O–H groups in total. The largest absolute Gasteiger partial charge is 0.494 e. The minimum Gasteiger partial charge on any atom is -0.494 e. The summed E-state index contributed by atoms with van der Waals surface area (Å²) in [6.45, 7) is 4.84. The summed E-state index contributed by atoms with van der Waals surface area (Å²) in [4.78, 5) is 24.5. The van der Waals surface area contributed by atoms with Crippen molar-refractivity contribution >= 4 is 51.7 Å². The number of halogens is 1. The molecule has 0 bridgehead atoms. The van der Waals surface area contributed by atoms with Crippen molar-refractivity contribution in [2.45, 2.75) is 20.3 Å². The van der Waals surface area contributed by atoms with Crippen molar-refractivity contribution in [1.82, 2.24) is 16.2 Å². The number of rotatable bonds is 6. The van der Waals surface area contributed by atoms with E-state index in [0.717, 1.165) is 9.99 Å². The van der Waals surface area contributed by atoms with Gasteiger partial charge in [-0.15, -0.1) is 0 Å². The molecule has 2 amide bonds. The second kappa shape index (κ2) is 11.0. The molecule has 0 heterocycles. The van der Waals surface area contributed by atoms with Crippen LogP contribution in [0.2, 0.25) is 0 Å². The molecule has 0 atom stereocenters. The Balaban J connectivity index is 1.86. The molecule has 0 aromatic heterocycles. The van der Waals surface area contributed by atoms with Crippen LogP contribution in [-0.4, -0.2) is 23.5 Å². The first-order chi connectivity index (χ1) is 13.4. The van der Waals surface area contributed by atoms with E-state index < -0.39 is 5.91 Å². The van der Waals surface area contributed by atoms with Crippen LogP contribution in [0.15, 0.2) is 48.5 Å². The number of hydrogen-bond acceptors (Lipinski definition) is 4. The van der Waals surface area contributed by atoms with E-state index in [-0.39, 0.29) is 11.0 Å². The molecular weight excluding hydrogens is 489 g/mol. The molecule has 2 rings (SSSR count). The number of thiocarbonyl (C=S) groups is 1. The molecule has 28 heavy (non-hydrogen) atoms. The van der Waals surface area contributed by atoms with Gasteiger partial charge in [0.1, 0.15) is 5.75 Å². The van der Waals surface area contributed by atoms with Crippen LogP contribution in [0.1, 0.15) is 41.0 Å². The molecule has 0 saturated heterocycles. The van der Waals surface area contributed by atoms with E-state index >= 15 is 0 Å². The van der Waals surface area contributed by atoms with Crippen molar-refractivity contribution < 1.29 is 14.3 Å². The molecule has 6 nitrogen and oxygen atoms in total. The average Bonchev–Trinajstić information content (AvgIpc) is 2.66. The third kappa shape index (κ3) is 7.08. The van der Waals surface area contributed by atoms with Crippen LogP contribution in [0, 0.1) is 9.49 Å². The molecular formula is C20H22IN3O3S. The van der Waals surface area contributed by atoms with Gasteiger partial charge < -0.3 is 4.74 Å². The fraction of sp³-hybridized carbons (Fsp3) is 0.250. The van der Waals surface area contributed by atoms with Crippen LogP contribution in [0.5, 0.6) is 5.75 Å². The van der Waals surface area contributed by atoms with Crippen LogP contribution in [0.3, 0.4) is 0 Å². The normalized spacial score (nSPS) is 10.3. The summed E-state index contributed by atoms with van der Waals surface area (Å²) in [5.41, 5.74) is 5.93. The van der Waals surface area contributed by atoms with E-state index in [1.807, 2.05) is 12.1 Å². The second-order valence-corrected chi connectivity index (χ2v) is 7.97. The summed E-state index contributed by atoms with van der Waals surface area (Å²) in [5.74, 6) is 0.431. The molecule has 0 saturated carbocycles. The first-order valence-electron chi connectivity index (χ1n) is 8.76. The summed E-state index contributed by atoms with van der Waals surface area (Å²) in [5, 5.41) is 2.52. The van der Waals surface area contributed by atoms with E-state index in [1.165, 1.54) is 0 Å². The van der Waals surface area contributed by atoms with Crippen molar-refractivity contribution in [3.63, 3.8) is 0 Å². The SMILES string of the molecule is CC(C)CCOc1cccc(C(=O)NC(=S)NNC(=O)c2ccccc2I)c1. The zero-order valence-electron chi connectivity index (χ0n) is 15.6. The highest BCUT2D eigenvalue weighted by atomic mass is 127. The standard InChI is InChI=1S/C20H22IN3O3S/c1-13(2)10-11-27-15-7-5-6-14(12-15)18(25)22-20(28)24-23-19(26)16-8-3-4-9-17(16)21/h3-9,12-13H,10-11H2,1-2H3,(H,23,26)(H2,22,24,25,28). The van der Waals surface area contributed by atoms with Crippen molar-refractivity contribution in [3.05, 3.63) is 63.2 Å². The van der Waals surface area contributed by atoms with Gasteiger partial charge in [-0.3, -0.25) is 25.8 Å². The van der Waals surface area contributed by atoms with Crippen LogP contribution in [0.25, 0.3) is 0 Å². The number of amides is 2. The Bertz CT molecular complexity index is 858. The quantitative estimate of drug-likeness (QED) is 0.314. The first kappa shape index (κ1) is 22.1. The van der Waals surface area contributed by atoms with E-state index in [1.54, 1.807) is 36.4 Å². The van der Waals surface area contributed by atoms with Gasteiger partial charge in [0.05, 0.1) is 12.2 Å².